The van der Waals surface area contributed by atoms with Crippen molar-refractivity contribution in [1.82, 2.24) is 34.3 Å². The summed E-state index contributed by atoms with van der Waals surface area (Å²) >= 11 is 0. The number of aromatic nitrogens is 5. The number of hydrogen-bond donors (Lipinski definition) is 0. The van der Waals surface area contributed by atoms with Crippen LogP contribution in [-0.2, 0) is 9.47 Å². The summed E-state index contributed by atoms with van der Waals surface area (Å²) in [6.07, 6.45) is 10.8. The lowest BCUT2D eigenvalue weighted by molar-refractivity contribution is -0.00641. The number of pyridine rings is 1. The molecule has 6 rings (SSSR count). The SMILES string of the molecule is CN1CCC(n2ncc3cnc(-c4cn(C5CC(CN(C(=O)OC(C)(C)C)C(=O)OC(C)(C)C)C5)nc4C4CC4)cc32)CC1. The number of imide groups is 1. The van der Waals surface area contributed by atoms with Gasteiger partial charge in [-0.05, 0) is 112 Å². The third-order valence-corrected chi connectivity index (χ3v) is 8.77. The summed E-state index contributed by atoms with van der Waals surface area (Å²) in [7, 11) is 2.18. The van der Waals surface area contributed by atoms with Gasteiger partial charge in [0, 0.05) is 35.8 Å². The average molecular weight is 606 g/mol. The number of carbonyl (C=O) groups is 2. The number of piperidine rings is 1. The zero-order valence-electron chi connectivity index (χ0n) is 27.2. The Morgan fingerprint density at radius 1 is 0.932 bits per heavy atom. The molecule has 1 saturated heterocycles. The minimum Gasteiger partial charge on any atom is -0.443 e. The molecule has 2 amide bonds. The van der Waals surface area contributed by atoms with E-state index in [1.165, 1.54) is 0 Å². The standard InChI is InChI=1S/C33H47N7O4/c1-32(2,3)43-30(41)38(31(42)44-33(4,5)6)19-21-14-25(15-21)39-20-26(29(36-39)22-8-9-22)27-16-28-23(17-34-27)18-35-40(28)24-10-12-37(7)13-11-24/h16-18,20-22,24-25H,8-15,19H2,1-7H3. The van der Waals surface area contributed by atoms with Crippen molar-refractivity contribution in [2.45, 2.75) is 109 Å². The fraction of sp³-hybridized carbons (Fsp3) is 0.667. The lowest BCUT2D eigenvalue weighted by atomic mass is 9.80. The zero-order valence-corrected chi connectivity index (χ0v) is 27.2. The molecule has 4 heterocycles. The van der Waals surface area contributed by atoms with Crippen molar-refractivity contribution in [1.29, 1.82) is 0 Å². The minimum absolute atomic E-state index is 0.135. The van der Waals surface area contributed by atoms with E-state index in [0.717, 1.165) is 84.4 Å². The average Bonchev–Trinajstić information content (AvgIpc) is 3.51. The van der Waals surface area contributed by atoms with Crippen LogP contribution in [0.15, 0.2) is 24.7 Å². The van der Waals surface area contributed by atoms with Gasteiger partial charge in [0.25, 0.3) is 0 Å². The highest BCUT2D eigenvalue weighted by Gasteiger charge is 2.40. The molecule has 0 atom stereocenters. The van der Waals surface area contributed by atoms with Gasteiger partial charge >= 0.3 is 12.2 Å². The van der Waals surface area contributed by atoms with Crippen LogP contribution in [-0.4, -0.2) is 84.4 Å². The first-order chi connectivity index (χ1) is 20.7. The fourth-order valence-electron chi connectivity index (χ4n) is 6.25. The summed E-state index contributed by atoms with van der Waals surface area (Å²) in [5, 5.41) is 10.9. The van der Waals surface area contributed by atoms with Crippen molar-refractivity contribution in [2.75, 3.05) is 26.7 Å². The molecule has 238 valence electrons. The maximum atomic E-state index is 13.0. The second-order valence-electron chi connectivity index (χ2n) is 15.0. The number of likely N-dealkylation sites (tertiary alicyclic amines) is 1. The maximum Gasteiger partial charge on any atom is 0.419 e. The van der Waals surface area contributed by atoms with Crippen molar-refractivity contribution >= 4 is 23.1 Å². The van der Waals surface area contributed by atoms with Crippen LogP contribution >= 0.6 is 0 Å². The lowest BCUT2D eigenvalue weighted by Gasteiger charge is -2.38. The maximum absolute atomic E-state index is 13.0. The normalized spacial score (nSPS) is 21.7. The smallest absolute Gasteiger partial charge is 0.419 e. The van der Waals surface area contributed by atoms with E-state index in [0.29, 0.717) is 12.0 Å². The minimum atomic E-state index is -0.716. The quantitative estimate of drug-likeness (QED) is 0.311. The van der Waals surface area contributed by atoms with E-state index in [-0.39, 0.29) is 18.5 Å². The van der Waals surface area contributed by atoms with E-state index in [9.17, 15) is 9.59 Å². The van der Waals surface area contributed by atoms with Crippen molar-refractivity contribution < 1.29 is 19.1 Å². The molecule has 3 aliphatic rings. The van der Waals surface area contributed by atoms with Crippen LogP contribution in [0.5, 0.6) is 0 Å². The van der Waals surface area contributed by atoms with Crippen LogP contribution in [0.2, 0.25) is 0 Å². The zero-order chi connectivity index (χ0) is 31.4. The Labute approximate surface area is 259 Å². The third kappa shape index (κ3) is 6.77. The van der Waals surface area contributed by atoms with E-state index in [1.54, 1.807) is 41.5 Å². The first-order valence-electron chi connectivity index (χ1n) is 16.1. The molecular weight excluding hydrogens is 558 g/mol. The molecule has 0 aromatic carbocycles. The van der Waals surface area contributed by atoms with E-state index in [2.05, 4.69) is 33.6 Å². The Kier molecular flexibility index (Phi) is 7.96. The Morgan fingerprint density at radius 2 is 1.57 bits per heavy atom. The highest BCUT2D eigenvalue weighted by atomic mass is 16.6. The van der Waals surface area contributed by atoms with Crippen LogP contribution in [0.4, 0.5) is 9.59 Å². The van der Waals surface area contributed by atoms with Crippen molar-refractivity contribution in [2.24, 2.45) is 5.92 Å². The molecule has 0 bridgehead atoms. The molecule has 2 aliphatic carbocycles. The number of nitrogens with zero attached hydrogens (tertiary/aromatic N) is 7. The molecule has 0 unspecified atom stereocenters. The van der Waals surface area contributed by atoms with Crippen molar-refractivity contribution in [3.8, 4) is 11.3 Å². The van der Waals surface area contributed by atoms with Crippen molar-refractivity contribution in [3.63, 3.8) is 0 Å². The van der Waals surface area contributed by atoms with E-state index >= 15 is 0 Å². The van der Waals surface area contributed by atoms with Gasteiger partial charge in [0.05, 0.1) is 35.2 Å². The number of fused-ring (bicyclic) bond motifs is 1. The van der Waals surface area contributed by atoms with Crippen LogP contribution in [0, 0.1) is 5.92 Å². The molecule has 1 aliphatic heterocycles. The van der Waals surface area contributed by atoms with Gasteiger partial charge in [0.1, 0.15) is 11.2 Å². The van der Waals surface area contributed by atoms with E-state index in [1.807, 2.05) is 12.4 Å². The molecule has 3 aromatic heterocycles. The fourth-order valence-corrected chi connectivity index (χ4v) is 6.25. The van der Waals surface area contributed by atoms with Crippen LogP contribution in [0.1, 0.15) is 104 Å². The third-order valence-electron chi connectivity index (χ3n) is 8.77. The first-order valence-corrected chi connectivity index (χ1v) is 16.1. The summed E-state index contributed by atoms with van der Waals surface area (Å²) in [6, 6.07) is 2.79. The number of amides is 2. The monoisotopic (exact) mass is 605 g/mol. The van der Waals surface area contributed by atoms with Gasteiger partial charge in [0.2, 0.25) is 0 Å². The first kappa shape index (κ1) is 30.6. The summed E-state index contributed by atoms with van der Waals surface area (Å²) in [4.78, 5) is 34.3. The van der Waals surface area contributed by atoms with Gasteiger partial charge in [-0.2, -0.15) is 10.2 Å². The number of carbonyl (C=O) groups excluding carboxylic acids is 2. The molecule has 44 heavy (non-hydrogen) atoms. The number of rotatable bonds is 6. The molecule has 11 heteroatoms. The highest BCUT2D eigenvalue weighted by Crippen LogP contribution is 2.46. The molecule has 3 fully saturated rings. The van der Waals surface area contributed by atoms with Gasteiger partial charge in [-0.15, -0.1) is 0 Å². The Hall–Kier alpha value is -3.47. The van der Waals surface area contributed by atoms with Crippen molar-refractivity contribution in [3.05, 3.63) is 30.4 Å². The van der Waals surface area contributed by atoms with Gasteiger partial charge in [-0.3, -0.25) is 14.3 Å². The second-order valence-corrected chi connectivity index (χ2v) is 15.0. The van der Waals surface area contributed by atoms with E-state index in [4.69, 9.17) is 24.7 Å². The van der Waals surface area contributed by atoms with Crippen LogP contribution in [0.25, 0.3) is 22.2 Å². The number of hydrogen-bond acceptors (Lipinski definition) is 8. The second kappa shape index (κ2) is 11.5. The van der Waals surface area contributed by atoms with Crippen LogP contribution in [0.3, 0.4) is 0 Å². The predicted molar refractivity (Wildman–Crippen MR) is 167 cm³/mol. The molecule has 3 aromatic rings. The topological polar surface area (TPSA) is 108 Å². The molecule has 0 radical (unpaired) electrons. The molecule has 11 nitrogen and oxygen atoms in total. The Morgan fingerprint density at radius 3 is 2.16 bits per heavy atom. The highest BCUT2D eigenvalue weighted by molar-refractivity contribution is 5.88. The van der Waals surface area contributed by atoms with Gasteiger partial charge in [0.15, 0.2) is 0 Å². The molecule has 2 saturated carbocycles. The number of ether oxygens (including phenoxy) is 2. The predicted octanol–water partition coefficient (Wildman–Crippen LogP) is 6.56. The largest absolute Gasteiger partial charge is 0.443 e. The molecule has 0 spiro atoms. The summed E-state index contributed by atoms with van der Waals surface area (Å²) in [6.45, 7) is 13.2. The summed E-state index contributed by atoms with van der Waals surface area (Å²) < 4.78 is 15.4. The lowest BCUT2D eigenvalue weighted by Crippen LogP contribution is -2.47. The Bertz CT molecular complexity index is 1480. The molecule has 0 N–H and O–H groups in total. The van der Waals surface area contributed by atoms with E-state index < -0.39 is 23.4 Å². The van der Waals surface area contributed by atoms with Gasteiger partial charge in [-0.25, -0.2) is 14.5 Å². The van der Waals surface area contributed by atoms with Gasteiger partial charge < -0.3 is 14.4 Å². The Balaban J connectivity index is 1.18. The summed E-state index contributed by atoms with van der Waals surface area (Å²) in [5.74, 6) is 0.601. The van der Waals surface area contributed by atoms with Gasteiger partial charge in [-0.1, -0.05) is 0 Å². The molecular formula is C33H47N7O4. The summed E-state index contributed by atoms with van der Waals surface area (Å²) in [5.41, 5.74) is 2.86. The van der Waals surface area contributed by atoms with Crippen LogP contribution < -0.4 is 0 Å².